The summed E-state index contributed by atoms with van der Waals surface area (Å²) >= 11 is 0. The average Bonchev–Trinajstić information content (AvgIpc) is 2.03. The van der Waals surface area contributed by atoms with Crippen molar-refractivity contribution in [3.8, 4) is 0 Å². The molecular formula is C6H9N3O2S. The van der Waals surface area contributed by atoms with Crippen molar-refractivity contribution < 1.29 is 8.42 Å². The van der Waals surface area contributed by atoms with E-state index in [1.165, 1.54) is 18.5 Å². The van der Waals surface area contributed by atoms with Gasteiger partial charge in [-0.2, -0.15) is 0 Å². The summed E-state index contributed by atoms with van der Waals surface area (Å²) in [4.78, 5) is 3.67. The lowest BCUT2D eigenvalue weighted by molar-refractivity contribution is 0.597. The number of sulfonamides is 1. The van der Waals surface area contributed by atoms with Crippen molar-refractivity contribution in [2.45, 2.75) is 11.4 Å². The predicted molar refractivity (Wildman–Crippen MR) is 43.5 cm³/mol. The van der Waals surface area contributed by atoms with E-state index in [1.54, 1.807) is 0 Å². The highest BCUT2D eigenvalue weighted by Gasteiger charge is 2.07. The minimum Gasteiger partial charge on any atom is -0.326 e. The maximum absolute atomic E-state index is 10.8. The van der Waals surface area contributed by atoms with Gasteiger partial charge in [0.2, 0.25) is 10.0 Å². The molecule has 6 heteroatoms. The summed E-state index contributed by atoms with van der Waals surface area (Å²) in [5, 5.41) is 4.87. The van der Waals surface area contributed by atoms with Crippen LogP contribution in [0.1, 0.15) is 5.56 Å². The molecule has 66 valence electrons. The summed E-state index contributed by atoms with van der Waals surface area (Å²) in [7, 11) is -3.65. The first kappa shape index (κ1) is 9.11. The Balaban J connectivity index is 3.20. The summed E-state index contributed by atoms with van der Waals surface area (Å²) in [5.74, 6) is 0. The summed E-state index contributed by atoms with van der Waals surface area (Å²) in [5.41, 5.74) is 5.93. The normalized spacial score (nSPS) is 11.5. The third-order valence-electron chi connectivity index (χ3n) is 1.33. The number of pyridine rings is 1. The second kappa shape index (κ2) is 3.18. The molecule has 0 bridgehead atoms. The van der Waals surface area contributed by atoms with E-state index < -0.39 is 10.0 Å². The fraction of sp³-hybridized carbons (Fsp3) is 0.167. The highest BCUT2D eigenvalue weighted by molar-refractivity contribution is 7.89. The molecule has 0 aliphatic carbocycles. The van der Waals surface area contributed by atoms with Gasteiger partial charge in [0.25, 0.3) is 0 Å². The van der Waals surface area contributed by atoms with Crippen molar-refractivity contribution in [3.63, 3.8) is 0 Å². The molecule has 5 nitrogen and oxygen atoms in total. The minimum absolute atomic E-state index is 0.00884. The average molecular weight is 187 g/mol. The van der Waals surface area contributed by atoms with Crippen LogP contribution in [0, 0.1) is 0 Å². The zero-order chi connectivity index (χ0) is 9.19. The number of nitrogens with zero attached hydrogens (tertiary/aromatic N) is 1. The van der Waals surface area contributed by atoms with Crippen LogP contribution in [-0.4, -0.2) is 13.4 Å². The molecule has 0 aliphatic rings. The van der Waals surface area contributed by atoms with E-state index in [1.807, 2.05) is 0 Å². The SMILES string of the molecule is NCc1cncc(S(N)(=O)=O)c1. The summed E-state index contributed by atoms with van der Waals surface area (Å²) in [6.45, 7) is 0.246. The summed E-state index contributed by atoms with van der Waals surface area (Å²) < 4.78 is 21.6. The first-order valence-corrected chi connectivity index (χ1v) is 4.75. The molecule has 1 aromatic heterocycles. The van der Waals surface area contributed by atoms with Gasteiger partial charge in [-0.15, -0.1) is 0 Å². The van der Waals surface area contributed by atoms with Gasteiger partial charge < -0.3 is 5.73 Å². The fourth-order valence-corrected chi connectivity index (χ4v) is 1.25. The molecule has 4 N–H and O–H groups in total. The molecule has 0 aromatic carbocycles. The Bertz CT molecular complexity index is 374. The monoisotopic (exact) mass is 187 g/mol. The Labute approximate surface area is 70.5 Å². The zero-order valence-electron chi connectivity index (χ0n) is 6.27. The topological polar surface area (TPSA) is 99.1 Å². The molecule has 1 aromatic rings. The van der Waals surface area contributed by atoms with E-state index in [2.05, 4.69) is 4.98 Å². The third-order valence-corrected chi connectivity index (χ3v) is 2.21. The first-order chi connectivity index (χ1) is 5.54. The van der Waals surface area contributed by atoms with Crippen molar-refractivity contribution in [1.29, 1.82) is 0 Å². The van der Waals surface area contributed by atoms with Gasteiger partial charge in [0, 0.05) is 18.9 Å². The van der Waals surface area contributed by atoms with E-state index in [0.29, 0.717) is 5.56 Å². The third kappa shape index (κ3) is 2.00. The molecule has 12 heavy (non-hydrogen) atoms. The van der Waals surface area contributed by atoms with Crippen molar-refractivity contribution in [2.75, 3.05) is 0 Å². The van der Waals surface area contributed by atoms with Crippen LogP contribution >= 0.6 is 0 Å². The number of hydrogen-bond acceptors (Lipinski definition) is 4. The molecule has 0 aliphatic heterocycles. The van der Waals surface area contributed by atoms with Crippen LogP contribution in [0.4, 0.5) is 0 Å². The standard InChI is InChI=1S/C6H9N3O2S/c7-2-5-1-6(4-9-3-5)12(8,10)11/h1,3-4H,2,7H2,(H2,8,10,11). The van der Waals surface area contributed by atoms with Crippen LogP contribution in [0.15, 0.2) is 23.4 Å². The quantitative estimate of drug-likeness (QED) is 0.632. The lowest BCUT2D eigenvalue weighted by atomic mass is 10.3. The molecule has 1 rings (SSSR count). The van der Waals surface area contributed by atoms with Gasteiger partial charge in [0.15, 0.2) is 0 Å². The smallest absolute Gasteiger partial charge is 0.239 e. The Kier molecular flexibility index (Phi) is 2.41. The van der Waals surface area contributed by atoms with Gasteiger partial charge in [0.05, 0.1) is 0 Å². The molecule has 0 saturated heterocycles. The zero-order valence-corrected chi connectivity index (χ0v) is 7.08. The summed E-state index contributed by atoms with van der Waals surface area (Å²) in [6, 6.07) is 1.41. The van der Waals surface area contributed by atoms with Gasteiger partial charge in [-0.25, -0.2) is 13.6 Å². The molecular weight excluding hydrogens is 178 g/mol. The highest BCUT2D eigenvalue weighted by atomic mass is 32.2. The number of hydrogen-bond donors (Lipinski definition) is 2. The maximum atomic E-state index is 10.8. The van der Waals surface area contributed by atoms with E-state index in [-0.39, 0.29) is 11.4 Å². The number of aromatic nitrogens is 1. The van der Waals surface area contributed by atoms with Gasteiger partial charge >= 0.3 is 0 Å². The van der Waals surface area contributed by atoms with Crippen molar-refractivity contribution in [1.82, 2.24) is 4.98 Å². The molecule has 0 radical (unpaired) electrons. The summed E-state index contributed by atoms with van der Waals surface area (Å²) in [6.07, 6.45) is 2.68. The molecule has 0 fully saturated rings. The first-order valence-electron chi connectivity index (χ1n) is 3.21. The second-order valence-corrected chi connectivity index (χ2v) is 3.84. The van der Waals surface area contributed by atoms with Crippen LogP contribution in [0.5, 0.6) is 0 Å². The van der Waals surface area contributed by atoms with Gasteiger partial charge in [-0.05, 0) is 11.6 Å². The second-order valence-electron chi connectivity index (χ2n) is 2.28. The minimum atomic E-state index is -3.65. The van der Waals surface area contributed by atoms with Crippen molar-refractivity contribution >= 4 is 10.0 Å². The molecule has 0 spiro atoms. The Hall–Kier alpha value is -0.980. The fourth-order valence-electron chi connectivity index (χ4n) is 0.731. The van der Waals surface area contributed by atoms with Crippen LogP contribution in [-0.2, 0) is 16.6 Å². The van der Waals surface area contributed by atoms with Crippen LogP contribution in [0.2, 0.25) is 0 Å². The van der Waals surface area contributed by atoms with E-state index in [9.17, 15) is 8.42 Å². The number of primary sulfonamides is 1. The number of nitrogens with two attached hydrogens (primary N) is 2. The lowest BCUT2D eigenvalue weighted by Gasteiger charge is -1.99. The molecule has 0 saturated carbocycles. The van der Waals surface area contributed by atoms with Crippen LogP contribution in [0.25, 0.3) is 0 Å². The van der Waals surface area contributed by atoms with Gasteiger partial charge in [-0.1, -0.05) is 0 Å². The van der Waals surface area contributed by atoms with Gasteiger partial charge in [0.1, 0.15) is 4.90 Å². The van der Waals surface area contributed by atoms with Crippen molar-refractivity contribution in [3.05, 3.63) is 24.0 Å². The molecule has 0 unspecified atom stereocenters. The largest absolute Gasteiger partial charge is 0.326 e. The highest BCUT2D eigenvalue weighted by Crippen LogP contribution is 2.06. The predicted octanol–water partition coefficient (Wildman–Crippen LogP) is -0.812. The Morgan fingerprint density at radius 2 is 2.08 bits per heavy atom. The molecule has 0 amide bonds. The van der Waals surface area contributed by atoms with Gasteiger partial charge in [-0.3, -0.25) is 4.98 Å². The van der Waals surface area contributed by atoms with Crippen LogP contribution in [0.3, 0.4) is 0 Å². The van der Waals surface area contributed by atoms with E-state index in [4.69, 9.17) is 10.9 Å². The number of rotatable bonds is 2. The van der Waals surface area contributed by atoms with E-state index in [0.717, 1.165) is 0 Å². The lowest BCUT2D eigenvalue weighted by Crippen LogP contribution is -2.13. The maximum Gasteiger partial charge on any atom is 0.239 e. The van der Waals surface area contributed by atoms with Crippen molar-refractivity contribution in [2.24, 2.45) is 10.9 Å². The molecule has 0 atom stereocenters. The Morgan fingerprint density at radius 1 is 1.42 bits per heavy atom. The van der Waals surface area contributed by atoms with E-state index >= 15 is 0 Å². The molecule has 1 heterocycles. The van der Waals surface area contributed by atoms with Crippen LogP contribution < -0.4 is 10.9 Å². The Morgan fingerprint density at radius 3 is 2.58 bits per heavy atom.